The van der Waals surface area contributed by atoms with Crippen LogP contribution >= 0.6 is 0 Å². The Morgan fingerprint density at radius 1 is 1.50 bits per heavy atom. The minimum atomic E-state index is -0.962. The van der Waals surface area contributed by atoms with E-state index in [0.29, 0.717) is 0 Å². The lowest BCUT2D eigenvalue weighted by atomic mass is 10.3. The molecule has 0 bridgehead atoms. The maximum atomic E-state index is 10.1. The predicted octanol–water partition coefficient (Wildman–Crippen LogP) is 1.96. The molecule has 1 aliphatic rings. The molecule has 68 valence electrons. The van der Waals surface area contributed by atoms with Gasteiger partial charge in [-0.1, -0.05) is 26.3 Å². The molecular formula is C9H14O3. The van der Waals surface area contributed by atoms with Crippen LogP contribution in [-0.2, 0) is 9.53 Å². The molecule has 0 saturated carbocycles. The van der Waals surface area contributed by atoms with Crippen LogP contribution in [0.5, 0.6) is 0 Å². The summed E-state index contributed by atoms with van der Waals surface area (Å²) in [4.78, 5) is 10.1. The Morgan fingerprint density at radius 3 is 2.33 bits per heavy atom. The minimum Gasteiger partial charge on any atom is -0.482 e. The molecule has 0 fully saturated rings. The van der Waals surface area contributed by atoms with E-state index in [9.17, 15) is 4.79 Å². The average Bonchev–Trinajstić information content (AvgIpc) is 2.07. The van der Waals surface area contributed by atoms with Crippen LogP contribution in [0.4, 0.5) is 0 Å². The second kappa shape index (κ2) is 6.46. The molecule has 1 N–H and O–H groups in total. The van der Waals surface area contributed by atoms with Crippen molar-refractivity contribution in [1.29, 1.82) is 0 Å². The van der Waals surface area contributed by atoms with Crippen molar-refractivity contribution in [3.05, 3.63) is 24.5 Å². The summed E-state index contributed by atoms with van der Waals surface area (Å²) in [5.41, 5.74) is 0. The summed E-state index contributed by atoms with van der Waals surface area (Å²) in [6.45, 7) is 4.25. The first-order valence-electron chi connectivity index (χ1n) is 3.94. The second-order valence-electron chi connectivity index (χ2n) is 2.32. The number of carboxylic acids is 1. The molecule has 3 heteroatoms. The number of hydrogen-bond donors (Lipinski definition) is 1. The van der Waals surface area contributed by atoms with Crippen LogP contribution in [0.2, 0.25) is 0 Å². The number of carboxylic acid groups (broad SMARTS) is 1. The highest BCUT2D eigenvalue weighted by Gasteiger charge is 2.13. The zero-order valence-electron chi connectivity index (χ0n) is 7.36. The van der Waals surface area contributed by atoms with Crippen LogP contribution < -0.4 is 0 Å². The summed E-state index contributed by atoms with van der Waals surface area (Å²) in [5, 5.41) is 8.33. The Morgan fingerprint density at radius 2 is 2.08 bits per heavy atom. The van der Waals surface area contributed by atoms with Crippen molar-refractivity contribution in [1.82, 2.24) is 0 Å². The van der Waals surface area contributed by atoms with Gasteiger partial charge >= 0.3 is 5.97 Å². The second-order valence-corrected chi connectivity index (χ2v) is 2.32. The van der Waals surface area contributed by atoms with E-state index in [2.05, 4.69) is 18.6 Å². The van der Waals surface area contributed by atoms with E-state index in [1.165, 1.54) is 18.8 Å². The Hall–Kier alpha value is -1.25. The van der Waals surface area contributed by atoms with Crippen molar-refractivity contribution < 1.29 is 14.6 Å². The van der Waals surface area contributed by atoms with Gasteiger partial charge in [0, 0.05) is 0 Å². The first-order chi connectivity index (χ1) is 5.72. The Balaban J connectivity index is 0.000000354. The lowest BCUT2D eigenvalue weighted by molar-refractivity contribution is -0.144. The molecule has 1 heterocycles. The number of hydrogen-bond acceptors (Lipinski definition) is 2. The van der Waals surface area contributed by atoms with E-state index < -0.39 is 12.1 Å². The summed E-state index contributed by atoms with van der Waals surface area (Å²) in [6.07, 6.45) is 6.57. The van der Waals surface area contributed by atoms with Crippen molar-refractivity contribution in [2.75, 3.05) is 0 Å². The molecule has 0 aromatic carbocycles. The smallest absolute Gasteiger partial charge is 0.349 e. The van der Waals surface area contributed by atoms with Crippen molar-refractivity contribution in [2.24, 2.45) is 0 Å². The SMILES string of the molecule is CCC.O=C(O)C1C=CC=CO1. The highest BCUT2D eigenvalue weighted by molar-refractivity contribution is 5.75. The third kappa shape index (κ3) is 4.55. The van der Waals surface area contributed by atoms with Crippen LogP contribution in [0.3, 0.4) is 0 Å². The van der Waals surface area contributed by atoms with E-state index in [1.807, 2.05) is 0 Å². The molecule has 0 spiro atoms. The molecule has 3 nitrogen and oxygen atoms in total. The number of allylic oxidation sites excluding steroid dienone is 2. The molecule has 0 aromatic rings. The van der Waals surface area contributed by atoms with Gasteiger partial charge in [-0.3, -0.25) is 0 Å². The fourth-order valence-corrected chi connectivity index (χ4v) is 0.526. The van der Waals surface area contributed by atoms with Gasteiger partial charge in [0.25, 0.3) is 0 Å². The largest absolute Gasteiger partial charge is 0.482 e. The van der Waals surface area contributed by atoms with E-state index >= 15 is 0 Å². The molecule has 1 rings (SSSR count). The summed E-state index contributed by atoms with van der Waals surface area (Å²) in [7, 11) is 0. The van der Waals surface area contributed by atoms with Crippen molar-refractivity contribution in [2.45, 2.75) is 26.4 Å². The Bertz CT molecular complexity index is 182. The summed E-state index contributed by atoms with van der Waals surface area (Å²) >= 11 is 0. The maximum Gasteiger partial charge on any atom is 0.349 e. The predicted molar refractivity (Wildman–Crippen MR) is 46.8 cm³/mol. The zero-order valence-corrected chi connectivity index (χ0v) is 7.36. The summed E-state index contributed by atoms with van der Waals surface area (Å²) in [5.74, 6) is -0.962. The number of aliphatic carboxylic acids is 1. The molecule has 0 aliphatic carbocycles. The van der Waals surface area contributed by atoms with Gasteiger partial charge in [0.2, 0.25) is 6.10 Å². The van der Waals surface area contributed by atoms with Gasteiger partial charge in [0.15, 0.2) is 0 Å². The van der Waals surface area contributed by atoms with E-state index in [-0.39, 0.29) is 0 Å². The Kier molecular flexibility index (Phi) is 5.79. The number of rotatable bonds is 1. The first kappa shape index (κ1) is 10.8. The molecule has 1 unspecified atom stereocenters. The maximum absolute atomic E-state index is 10.1. The summed E-state index contributed by atoms with van der Waals surface area (Å²) < 4.78 is 4.67. The van der Waals surface area contributed by atoms with Crippen LogP contribution in [0.25, 0.3) is 0 Å². The van der Waals surface area contributed by atoms with Crippen molar-refractivity contribution in [3.63, 3.8) is 0 Å². The van der Waals surface area contributed by atoms with Gasteiger partial charge in [-0.2, -0.15) is 0 Å². The third-order valence-electron chi connectivity index (χ3n) is 0.944. The summed E-state index contributed by atoms with van der Waals surface area (Å²) in [6, 6.07) is 0. The van der Waals surface area contributed by atoms with Crippen LogP contribution in [0.15, 0.2) is 24.5 Å². The standard InChI is InChI=1S/C6H6O3.C3H8/c7-6(8)5-3-1-2-4-9-5;1-3-2/h1-5H,(H,7,8);3H2,1-2H3. The zero-order chi connectivity index (χ0) is 9.40. The molecular weight excluding hydrogens is 156 g/mol. The van der Waals surface area contributed by atoms with Crippen molar-refractivity contribution in [3.8, 4) is 0 Å². The molecule has 1 atom stereocenters. The average molecular weight is 170 g/mol. The number of ether oxygens (including phenoxy) is 1. The lowest BCUT2D eigenvalue weighted by Crippen LogP contribution is -2.19. The fourth-order valence-electron chi connectivity index (χ4n) is 0.526. The van der Waals surface area contributed by atoms with E-state index in [4.69, 9.17) is 5.11 Å². The number of carbonyl (C=O) groups is 1. The van der Waals surface area contributed by atoms with Crippen LogP contribution in [0, 0.1) is 0 Å². The van der Waals surface area contributed by atoms with Gasteiger partial charge in [0.05, 0.1) is 6.26 Å². The monoisotopic (exact) mass is 170 g/mol. The van der Waals surface area contributed by atoms with Crippen LogP contribution in [0.1, 0.15) is 20.3 Å². The van der Waals surface area contributed by atoms with Gasteiger partial charge in [-0.05, 0) is 12.2 Å². The van der Waals surface area contributed by atoms with Gasteiger partial charge in [-0.25, -0.2) is 4.79 Å². The fraction of sp³-hybridized carbons (Fsp3) is 0.444. The molecule has 0 amide bonds. The molecule has 0 aromatic heterocycles. The van der Waals surface area contributed by atoms with E-state index in [0.717, 1.165) is 0 Å². The van der Waals surface area contributed by atoms with Crippen molar-refractivity contribution >= 4 is 5.97 Å². The normalized spacial score (nSPS) is 19.0. The van der Waals surface area contributed by atoms with Gasteiger partial charge in [-0.15, -0.1) is 0 Å². The molecule has 12 heavy (non-hydrogen) atoms. The van der Waals surface area contributed by atoms with Crippen LogP contribution in [-0.4, -0.2) is 17.2 Å². The molecule has 1 aliphatic heterocycles. The third-order valence-corrected chi connectivity index (χ3v) is 0.944. The van der Waals surface area contributed by atoms with Gasteiger partial charge in [0.1, 0.15) is 0 Å². The van der Waals surface area contributed by atoms with E-state index in [1.54, 1.807) is 12.2 Å². The Labute approximate surface area is 72.3 Å². The first-order valence-corrected chi connectivity index (χ1v) is 3.94. The highest BCUT2D eigenvalue weighted by Crippen LogP contribution is 2.00. The lowest BCUT2D eigenvalue weighted by Gasteiger charge is -2.08. The quantitative estimate of drug-likeness (QED) is 0.654. The minimum absolute atomic E-state index is 0.796. The highest BCUT2D eigenvalue weighted by atomic mass is 16.5. The molecule has 0 radical (unpaired) electrons. The molecule has 0 saturated heterocycles. The topological polar surface area (TPSA) is 46.5 Å². The van der Waals surface area contributed by atoms with Gasteiger partial charge < -0.3 is 9.84 Å².